The molecule has 2 aliphatic heterocycles. The van der Waals surface area contributed by atoms with Gasteiger partial charge in [-0.25, -0.2) is 0 Å². The van der Waals surface area contributed by atoms with Gasteiger partial charge in [-0.15, -0.1) is 0 Å². The van der Waals surface area contributed by atoms with Gasteiger partial charge in [0.15, 0.2) is 12.6 Å². The van der Waals surface area contributed by atoms with Crippen molar-refractivity contribution in [2.75, 3.05) is 13.2 Å². The fraction of sp³-hybridized carbons (Fsp3) is 0.789. The molecule has 2 aliphatic rings. The van der Waals surface area contributed by atoms with E-state index in [1.54, 1.807) is 13.0 Å². The number of epoxide rings is 1. The zero-order chi connectivity index (χ0) is 36.0. The molecule has 12 atom stereocenters. The van der Waals surface area contributed by atoms with Gasteiger partial charge in [0.05, 0.1) is 30.8 Å². The number of hydrogen-bond acceptors (Lipinski definition) is 10. The zero-order valence-electron chi connectivity index (χ0n) is 31.3. The average Bonchev–Trinajstić information content (AvgIpc) is 3.77. The van der Waals surface area contributed by atoms with E-state index < -0.39 is 42.1 Å². The maximum atomic E-state index is 13.0. The number of allylic oxidation sites excluding steroid dienone is 3. The summed E-state index contributed by atoms with van der Waals surface area (Å²) in [5, 5.41) is 10.8. The molecule has 0 aromatic rings. The van der Waals surface area contributed by atoms with Gasteiger partial charge < -0.3 is 38.3 Å². The second-order valence-electron chi connectivity index (χ2n) is 13.6. The Balaban J connectivity index is 2.16. The second-order valence-corrected chi connectivity index (χ2v) is 13.6. The van der Waals surface area contributed by atoms with E-state index in [2.05, 4.69) is 26.8 Å². The maximum Gasteiger partial charge on any atom is 0.309 e. The van der Waals surface area contributed by atoms with E-state index >= 15 is 0 Å². The first kappa shape index (κ1) is 42.1. The van der Waals surface area contributed by atoms with Gasteiger partial charge in [-0.1, -0.05) is 52.0 Å². The molecule has 10 heteroatoms. The van der Waals surface area contributed by atoms with Crippen molar-refractivity contribution in [3.63, 3.8) is 0 Å². The third-order valence-corrected chi connectivity index (χ3v) is 9.18. The number of esters is 2. The summed E-state index contributed by atoms with van der Waals surface area (Å²) in [4.78, 5) is 25.1. The Labute approximate surface area is 289 Å². The normalized spacial score (nSPS) is 32.7. The van der Waals surface area contributed by atoms with E-state index in [9.17, 15) is 14.7 Å². The Morgan fingerprint density at radius 3 is 2.38 bits per heavy atom. The topological polar surface area (TPSA) is 122 Å². The zero-order valence-corrected chi connectivity index (χ0v) is 31.3. The summed E-state index contributed by atoms with van der Waals surface area (Å²) in [7, 11) is 0. The van der Waals surface area contributed by atoms with Gasteiger partial charge in [0.25, 0.3) is 0 Å². The molecular formula is C38H64O10. The molecular weight excluding hydrogens is 616 g/mol. The van der Waals surface area contributed by atoms with Crippen LogP contribution in [-0.2, 0) is 42.7 Å². The van der Waals surface area contributed by atoms with Crippen molar-refractivity contribution in [3.8, 4) is 0 Å². The van der Waals surface area contributed by atoms with Crippen LogP contribution in [-0.4, -0.2) is 85.1 Å². The van der Waals surface area contributed by atoms with Gasteiger partial charge in [0, 0.05) is 32.0 Å². The molecule has 12 unspecified atom stereocenters. The fourth-order valence-corrected chi connectivity index (χ4v) is 6.46. The molecule has 276 valence electrons. The third-order valence-electron chi connectivity index (χ3n) is 9.18. The van der Waals surface area contributed by atoms with Crippen LogP contribution in [0.1, 0.15) is 108 Å². The predicted molar refractivity (Wildman–Crippen MR) is 185 cm³/mol. The summed E-state index contributed by atoms with van der Waals surface area (Å²) in [6.45, 7) is 22.2. The molecule has 1 fully saturated rings. The van der Waals surface area contributed by atoms with Crippen molar-refractivity contribution in [1.29, 1.82) is 0 Å². The number of carbonyl (C=O) groups excluding carboxylic acids is 2. The Morgan fingerprint density at radius 2 is 1.75 bits per heavy atom. The summed E-state index contributed by atoms with van der Waals surface area (Å²) in [5.41, 5.74) is -0.155. The number of cyclic esters (lactones) is 1. The van der Waals surface area contributed by atoms with Gasteiger partial charge >= 0.3 is 11.9 Å². The highest BCUT2D eigenvalue weighted by Gasteiger charge is 2.46. The van der Waals surface area contributed by atoms with E-state index in [-0.39, 0.29) is 55.2 Å². The summed E-state index contributed by atoms with van der Waals surface area (Å²) in [6, 6.07) is 0. The minimum absolute atomic E-state index is 0.0769. The lowest BCUT2D eigenvalue weighted by atomic mass is 9.88. The second kappa shape index (κ2) is 20.6. The molecule has 1 N–H and O–H groups in total. The van der Waals surface area contributed by atoms with Crippen molar-refractivity contribution in [2.24, 2.45) is 17.8 Å². The predicted octanol–water partition coefficient (Wildman–Crippen LogP) is 6.83. The van der Waals surface area contributed by atoms with Crippen molar-refractivity contribution < 1.29 is 47.9 Å². The van der Waals surface area contributed by atoms with Crippen LogP contribution in [0, 0.1) is 17.8 Å². The lowest BCUT2D eigenvalue weighted by Gasteiger charge is -2.38. The molecule has 0 saturated carbocycles. The number of ether oxygens (including phenoxy) is 7. The van der Waals surface area contributed by atoms with Gasteiger partial charge in [-0.05, 0) is 84.8 Å². The van der Waals surface area contributed by atoms with Crippen LogP contribution in [0.4, 0.5) is 0 Å². The standard InChI is InChI=1S/C38H64O10/c1-12-32(45-29(9)42-13-2)27(7)37-33(46-37)22-24(4)16-15-17-25(5)36-26(6)18-19-34(44-28(8)39)38(11,48-30(10)43-14-3)21-20-31(40)23-35(41)47-36/h15-19,24,26-27,29-34,36-37,40H,12-14,20-23H2,1-11H3/b16-15+,19-18+,25-17+. The van der Waals surface area contributed by atoms with E-state index in [0.717, 1.165) is 18.4 Å². The van der Waals surface area contributed by atoms with E-state index in [1.807, 2.05) is 59.8 Å². The number of rotatable bonds is 17. The first-order chi connectivity index (χ1) is 22.6. The average molecular weight is 681 g/mol. The van der Waals surface area contributed by atoms with Crippen LogP contribution >= 0.6 is 0 Å². The summed E-state index contributed by atoms with van der Waals surface area (Å²) < 4.78 is 41.3. The van der Waals surface area contributed by atoms with Gasteiger partial charge in [0.1, 0.15) is 17.8 Å². The first-order valence-electron chi connectivity index (χ1n) is 17.9. The Kier molecular flexibility index (Phi) is 18.0. The number of aliphatic hydroxyl groups excluding tert-OH is 1. The lowest BCUT2D eigenvalue weighted by molar-refractivity contribution is -0.227. The van der Waals surface area contributed by atoms with Crippen molar-refractivity contribution in [1.82, 2.24) is 0 Å². The van der Waals surface area contributed by atoms with Gasteiger partial charge in [0.2, 0.25) is 0 Å². The van der Waals surface area contributed by atoms with Crippen LogP contribution < -0.4 is 0 Å². The lowest BCUT2D eigenvalue weighted by Crippen LogP contribution is -2.47. The van der Waals surface area contributed by atoms with Gasteiger partial charge in [-0.3, -0.25) is 9.59 Å². The van der Waals surface area contributed by atoms with Crippen molar-refractivity contribution >= 4 is 11.9 Å². The van der Waals surface area contributed by atoms with Crippen LogP contribution in [0.25, 0.3) is 0 Å². The van der Waals surface area contributed by atoms with Crippen LogP contribution in [0.15, 0.2) is 36.0 Å². The smallest absolute Gasteiger partial charge is 0.309 e. The molecule has 0 aromatic carbocycles. The molecule has 0 aliphatic carbocycles. The number of aliphatic hydroxyl groups is 1. The van der Waals surface area contributed by atoms with Crippen LogP contribution in [0.3, 0.4) is 0 Å². The Morgan fingerprint density at radius 1 is 1.08 bits per heavy atom. The largest absolute Gasteiger partial charge is 0.457 e. The highest BCUT2D eigenvalue weighted by atomic mass is 16.7. The molecule has 0 spiro atoms. The number of carbonyl (C=O) groups is 2. The fourth-order valence-electron chi connectivity index (χ4n) is 6.46. The first-order valence-corrected chi connectivity index (χ1v) is 17.9. The van der Waals surface area contributed by atoms with Crippen LogP contribution in [0.5, 0.6) is 0 Å². The molecule has 0 radical (unpaired) electrons. The molecule has 0 bridgehead atoms. The molecule has 2 rings (SSSR count). The van der Waals surface area contributed by atoms with E-state index in [4.69, 9.17) is 33.2 Å². The van der Waals surface area contributed by atoms with Gasteiger partial charge in [-0.2, -0.15) is 0 Å². The monoisotopic (exact) mass is 680 g/mol. The Bertz CT molecular complexity index is 1070. The summed E-state index contributed by atoms with van der Waals surface area (Å²) in [6.07, 6.45) is 9.33. The van der Waals surface area contributed by atoms with Crippen LogP contribution in [0.2, 0.25) is 0 Å². The molecule has 10 nitrogen and oxygen atoms in total. The summed E-state index contributed by atoms with van der Waals surface area (Å²) >= 11 is 0. The van der Waals surface area contributed by atoms with Crippen molar-refractivity contribution in [2.45, 2.75) is 163 Å². The van der Waals surface area contributed by atoms with Crippen molar-refractivity contribution in [3.05, 3.63) is 36.0 Å². The minimum atomic E-state index is -1.01. The highest BCUT2D eigenvalue weighted by molar-refractivity contribution is 5.70. The SMILES string of the molecule is CCOC(C)OC(CC)C(C)C1OC1CC(C)/C=C/C=C(\C)C1OC(=O)CC(O)CCC(C)(OC(C)OCC)C(OC(C)=O)/C=C/C1C. The molecule has 2 heterocycles. The molecule has 48 heavy (non-hydrogen) atoms. The molecule has 0 amide bonds. The summed E-state index contributed by atoms with van der Waals surface area (Å²) in [5.74, 6) is -0.652. The third kappa shape index (κ3) is 14.0. The molecule has 0 aromatic heterocycles. The quantitative estimate of drug-likeness (QED) is 0.0575. The minimum Gasteiger partial charge on any atom is -0.457 e. The number of hydrogen-bond donors (Lipinski definition) is 1. The van der Waals surface area contributed by atoms with E-state index in [0.29, 0.717) is 19.6 Å². The maximum absolute atomic E-state index is 13.0. The highest BCUT2D eigenvalue weighted by Crippen LogP contribution is 2.38. The molecule has 1 saturated heterocycles. The Hall–Kier alpha value is -2.08. The van der Waals surface area contributed by atoms with E-state index in [1.165, 1.54) is 6.92 Å².